The second-order valence-corrected chi connectivity index (χ2v) is 6.11. The van der Waals surface area contributed by atoms with E-state index in [-0.39, 0.29) is 0 Å². The van der Waals surface area contributed by atoms with E-state index in [2.05, 4.69) is 69.1 Å². The van der Waals surface area contributed by atoms with E-state index in [0.717, 1.165) is 22.0 Å². The maximum absolute atomic E-state index is 8.04. The molecule has 1 aromatic heterocycles. The molecule has 0 aliphatic carbocycles. The fourth-order valence-corrected chi connectivity index (χ4v) is 2.83. The maximum atomic E-state index is 8.04. The molecule has 0 saturated heterocycles. The van der Waals surface area contributed by atoms with E-state index in [4.69, 9.17) is 1.37 Å². The molecule has 21 heavy (non-hydrogen) atoms. The lowest BCUT2D eigenvalue weighted by molar-refractivity contribution is 0.869. The zero-order valence-electron chi connectivity index (χ0n) is 14.1. The fourth-order valence-electron chi connectivity index (χ4n) is 2.83. The number of rotatable bonds is 2. The van der Waals surface area contributed by atoms with Crippen LogP contribution in [0.15, 0.2) is 48.6 Å². The van der Waals surface area contributed by atoms with E-state index in [0.29, 0.717) is 12.1 Å². The molecule has 3 rings (SSSR count). The predicted molar refractivity (Wildman–Crippen MR) is 90.7 cm³/mol. The zero-order chi connectivity index (χ0) is 15.9. The van der Waals surface area contributed by atoms with Gasteiger partial charge in [-0.2, -0.15) is 0 Å². The molecule has 0 N–H and O–H groups in total. The molecule has 0 saturated carbocycles. The SMILES string of the molecule is [2H]c1cc2cc(C(C)C)ccc2c(-c2cc(C)cc(C)c2)n1. The van der Waals surface area contributed by atoms with E-state index in [1.165, 1.54) is 16.7 Å². The summed E-state index contributed by atoms with van der Waals surface area (Å²) in [5, 5.41) is 2.21. The number of aromatic nitrogens is 1. The smallest absolute Gasteiger partial charge is 0.0840 e. The van der Waals surface area contributed by atoms with Crippen LogP contribution in [0.1, 0.15) is 37.8 Å². The summed E-state index contributed by atoms with van der Waals surface area (Å²) < 4.78 is 8.04. The molecule has 3 aromatic rings. The van der Waals surface area contributed by atoms with Crippen LogP contribution in [0.4, 0.5) is 0 Å². The summed E-state index contributed by atoms with van der Waals surface area (Å²) in [6.45, 7) is 8.57. The highest BCUT2D eigenvalue weighted by Crippen LogP contribution is 2.29. The summed E-state index contributed by atoms with van der Waals surface area (Å²) in [5.74, 6) is 0.483. The van der Waals surface area contributed by atoms with Crippen molar-refractivity contribution in [3.05, 3.63) is 65.3 Å². The molecule has 1 heteroatoms. The van der Waals surface area contributed by atoms with Gasteiger partial charge < -0.3 is 0 Å². The molecule has 0 bridgehead atoms. The predicted octanol–water partition coefficient (Wildman–Crippen LogP) is 5.64. The lowest BCUT2D eigenvalue weighted by Crippen LogP contribution is -1.91. The van der Waals surface area contributed by atoms with E-state index in [1.54, 1.807) is 0 Å². The molecule has 0 aliphatic rings. The Bertz CT molecular complexity index is 829. The number of pyridine rings is 1. The molecule has 0 aliphatic heterocycles. The van der Waals surface area contributed by atoms with Gasteiger partial charge in [-0.1, -0.05) is 49.2 Å². The highest BCUT2D eigenvalue weighted by atomic mass is 14.7. The van der Waals surface area contributed by atoms with Crippen LogP contribution in [0.5, 0.6) is 0 Å². The van der Waals surface area contributed by atoms with Crippen molar-refractivity contribution >= 4 is 10.8 Å². The maximum Gasteiger partial charge on any atom is 0.0840 e. The Balaban J connectivity index is 2.29. The van der Waals surface area contributed by atoms with Gasteiger partial charge in [0.2, 0.25) is 0 Å². The first-order chi connectivity index (χ1) is 10.4. The summed E-state index contributed by atoms with van der Waals surface area (Å²) in [4.78, 5) is 4.49. The average molecular weight is 276 g/mol. The molecule has 1 nitrogen and oxygen atoms in total. The molecule has 1 heterocycles. The minimum absolute atomic E-state index is 0.322. The van der Waals surface area contributed by atoms with Crippen LogP contribution in [-0.4, -0.2) is 4.98 Å². The third-order valence-electron chi connectivity index (χ3n) is 3.89. The number of hydrogen-bond donors (Lipinski definition) is 0. The number of aryl methyl sites for hydroxylation is 2. The summed E-state index contributed by atoms with van der Waals surface area (Å²) in [6.07, 6.45) is 0.322. The van der Waals surface area contributed by atoms with Crippen LogP contribution in [0.3, 0.4) is 0 Å². The van der Waals surface area contributed by atoms with Crippen LogP contribution in [0, 0.1) is 13.8 Å². The van der Waals surface area contributed by atoms with Gasteiger partial charge >= 0.3 is 0 Å². The van der Waals surface area contributed by atoms with Crippen molar-refractivity contribution in [1.29, 1.82) is 0 Å². The second kappa shape index (κ2) is 5.33. The molecule has 0 radical (unpaired) electrons. The molecule has 0 atom stereocenters. The van der Waals surface area contributed by atoms with Gasteiger partial charge in [0.1, 0.15) is 0 Å². The Labute approximate surface area is 128 Å². The molecule has 106 valence electrons. The second-order valence-electron chi connectivity index (χ2n) is 6.11. The lowest BCUT2D eigenvalue weighted by Gasteiger charge is -2.11. The third kappa shape index (κ3) is 2.69. The van der Waals surface area contributed by atoms with Crippen LogP contribution < -0.4 is 0 Å². The highest BCUT2D eigenvalue weighted by Gasteiger charge is 2.08. The van der Waals surface area contributed by atoms with Gasteiger partial charge in [0, 0.05) is 17.1 Å². The third-order valence-corrected chi connectivity index (χ3v) is 3.89. The fraction of sp³-hybridized carbons (Fsp3) is 0.250. The molecule has 2 aromatic carbocycles. The molecular weight excluding hydrogens is 254 g/mol. The largest absolute Gasteiger partial charge is 0.256 e. The van der Waals surface area contributed by atoms with Gasteiger partial charge in [-0.05, 0) is 48.9 Å². The first-order valence-corrected chi connectivity index (χ1v) is 7.44. The van der Waals surface area contributed by atoms with Crippen molar-refractivity contribution in [2.75, 3.05) is 0 Å². The van der Waals surface area contributed by atoms with E-state index < -0.39 is 0 Å². The van der Waals surface area contributed by atoms with Gasteiger partial charge in [-0.25, -0.2) is 0 Å². The molecule has 0 spiro atoms. The van der Waals surface area contributed by atoms with E-state index in [9.17, 15) is 0 Å². The minimum atomic E-state index is 0.322. The van der Waals surface area contributed by atoms with E-state index in [1.807, 2.05) is 6.07 Å². The molecule has 0 fully saturated rings. The summed E-state index contributed by atoms with van der Waals surface area (Å²) in [7, 11) is 0. The van der Waals surface area contributed by atoms with Gasteiger partial charge in [-0.3, -0.25) is 4.98 Å². The lowest BCUT2D eigenvalue weighted by atomic mass is 9.96. The Morgan fingerprint density at radius 3 is 2.33 bits per heavy atom. The Morgan fingerprint density at radius 1 is 0.952 bits per heavy atom. The number of benzene rings is 2. The van der Waals surface area contributed by atoms with Gasteiger partial charge in [0.15, 0.2) is 0 Å². The average Bonchev–Trinajstić information content (AvgIpc) is 2.44. The van der Waals surface area contributed by atoms with Gasteiger partial charge in [0.25, 0.3) is 0 Å². The topological polar surface area (TPSA) is 12.9 Å². The monoisotopic (exact) mass is 276 g/mol. The first kappa shape index (κ1) is 12.6. The van der Waals surface area contributed by atoms with Crippen molar-refractivity contribution in [3.8, 4) is 11.3 Å². The molecular formula is C20H21N. The summed E-state index contributed by atoms with van der Waals surface area (Å²) in [6, 6.07) is 14.8. The Hall–Kier alpha value is -2.15. The standard InChI is InChI=1S/C20H21N/c1-13(2)16-5-6-19-17(12-16)7-8-21-20(19)18-10-14(3)9-15(4)11-18/h5-13H,1-4H3/i8D. The minimum Gasteiger partial charge on any atom is -0.256 e. The zero-order valence-corrected chi connectivity index (χ0v) is 13.1. The molecule has 0 amide bonds. The summed E-state index contributed by atoms with van der Waals surface area (Å²) in [5.41, 5.74) is 5.74. The van der Waals surface area contributed by atoms with Crippen molar-refractivity contribution in [3.63, 3.8) is 0 Å². The first-order valence-electron chi connectivity index (χ1n) is 7.94. The van der Waals surface area contributed by atoms with Crippen LogP contribution >= 0.6 is 0 Å². The van der Waals surface area contributed by atoms with Gasteiger partial charge in [0.05, 0.1) is 7.06 Å². The van der Waals surface area contributed by atoms with Crippen LogP contribution in [0.2, 0.25) is 0 Å². The van der Waals surface area contributed by atoms with E-state index >= 15 is 0 Å². The highest BCUT2D eigenvalue weighted by molar-refractivity contribution is 5.95. The Kier molecular flexibility index (Phi) is 3.19. The quantitative estimate of drug-likeness (QED) is 0.590. The Morgan fingerprint density at radius 2 is 1.67 bits per heavy atom. The normalized spacial score (nSPS) is 12.0. The van der Waals surface area contributed by atoms with Crippen molar-refractivity contribution in [2.24, 2.45) is 0 Å². The number of nitrogens with zero attached hydrogens (tertiary/aromatic N) is 1. The van der Waals surface area contributed by atoms with Crippen LogP contribution in [0.25, 0.3) is 22.0 Å². The van der Waals surface area contributed by atoms with Gasteiger partial charge in [-0.15, -0.1) is 0 Å². The molecule has 0 unspecified atom stereocenters. The number of fused-ring (bicyclic) bond motifs is 1. The van der Waals surface area contributed by atoms with Crippen molar-refractivity contribution < 1.29 is 1.37 Å². The van der Waals surface area contributed by atoms with Crippen LogP contribution in [-0.2, 0) is 0 Å². The van der Waals surface area contributed by atoms with Crippen molar-refractivity contribution in [1.82, 2.24) is 4.98 Å². The van der Waals surface area contributed by atoms with Crippen molar-refractivity contribution in [2.45, 2.75) is 33.6 Å². The summed E-state index contributed by atoms with van der Waals surface area (Å²) >= 11 is 0. The number of hydrogen-bond acceptors (Lipinski definition) is 1.